The van der Waals surface area contributed by atoms with Crippen LogP contribution in [-0.2, 0) is 0 Å². The van der Waals surface area contributed by atoms with Gasteiger partial charge in [-0.2, -0.15) is 11.8 Å². The van der Waals surface area contributed by atoms with Crippen LogP contribution in [-0.4, -0.2) is 35.0 Å². The molecule has 0 radical (unpaired) electrons. The Hall–Kier alpha value is 0.310. The average molecular weight is 215 g/mol. The van der Waals surface area contributed by atoms with Gasteiger partial charge in [0.05, 0.1) is 0 Å². The summed E-state index contributed by atoms with van der Waals surface area (Å²) < 4.78 is 0. The first-order valence-corrected chi connectivity index (χ1v) is 7.04. The average Bonchev–Trinajstić information content (AvgIpc) is 2.84. The lowest BCUT2D eigenvalue weighted by atomic mass is 10.2. The SMILES string of the molecule is CCSC(C)CN(CC(C)C)C1CC1. The highest BCUT2D eigenvalue weighted by atomic mass is 32.2. The third-order valence-corrected chi connectivity index (χ3v) is 3.66. The van der Waals surface area contributed by atoms with Crippen molar-refractivity contribution in [1.82, 2.24) is 4.90 Å². The summed E-state index contributed by atoms with van der Waals surface area (Å²) in [6.45, 7) is 11.9. The zero-order valence-corrected chi connectivity index (χ0v) is 10.9. The van der Waals surface area contributed by atoms with Crippen molar-refractivity contribution < 1.29 is 0 Å². The molecule has 0 aromatic heterocycles. The summed E-state index contributed by atoms with van der Waals surface area (Å²) in [7, 11) is 0. The molecule has 0 N–H and O–H groups in total. The molecule has 0 amide bonds. The van der Waals surface area contributed by atoms with Crippen LogP contribution in [0, 0.1) is 5.92 Å². The Balaban J connectivity index is 2.27. The summed E-state index contributed by atoms with van der Waals surface area (Å²) in [6, 6.07) is 0.928. The second-order valence-electron chi connectivity index (χ2n) is 4.84. The Labute approximate surface area is 93.6 Å². The van der Waals surface area contributed by atoms with Gasteiger partial charge in [0, 0.05) is 24.4 Å². The van der Waals surface area contributed by atoms with E-state index in [4.69, 9.17) is 0 Å². The molecular weight excluding hydrogens is 190 g/mol. The van der Waals surface area contributed by atoms with Crippen molar-refractivity contribution in [2.45, 2.75) is 51.8 Å². The summed E-state index contributed by atoms with van der Waals surface area (Å²) in [6.07, 6.45) is 2.88. The molecule has 0 bridgehead atoms. The van der Waals surface area contributed by atoms with Crippen molar-refractivity contribution in [3.05, 3.63) is 0 Å². The maximum absolute atomic E-state index is 2.71. The fraction of sp³-hybridized carbons (Fsp3) is 1.00. The first kappa shape index (κ1) is 12.4. The summed E-state index contributed by atoms with van der Waals surface area (Å²) in [5, 5.41) is 0.805. The second kappa shape index (κ2) is 6.02. The van der Waals surface area contributed by atoms with Crippen LogP contribution in [0.15, 0.2) is 0 Å². The molecule has 0 aromatic rings. The molecule has 1 nitrogen and oxygen atoms in total. The Morgan fingerprint density at radius 1 is 1.21 bits per heavy atom. The Bertz CT molecular complexity index is 154. The third kappa shape index (κ3) is 4.70. The van der Waals surface area contributed by atoms with Crippen molar-refractivity contribution in [2.75, 3.05) is 18.8 Å². The minimum atomic E-state index is 0.805. The van der Waals surface area contributed by atoms with Crippen LogP contribution >= 0.6 is 11.8 Å². The molecule has 1 rings (SSSR count). The molecule has 1 aliphatic rings. The summed E-state index contributed by atoms with van der Waals surface area (Å²) in [5.74, 6) is 2.07. The largest absolute Gasteiger partial charge is 0.299 e. The zero-order chi connectivity index (χ0) is 10.6. The van der Waals surface area contributed by atoms with E-state index < -0.39 is 0 Å². The number of hydrogen-bond acceptors (Lipinski definition) is 2. The van der Waals surface area contributed by atoms with E-state index in [0.29, 0.717) is 0 Å². The van der Waals surface area contributed by atoms with Crippen LogP contribution in [0.1, 0.15) is 40.5 Å². The molecule has 0 spiro atoms. The fourth-order valence-corrected chi connectivity index (χ4v) is 2.81. The Morgan fingerprint density at radius 2 is 1.86 bits per heavy atom. The van der Waals surface area contributed by atoms with Gasteiger partial charge in [-0.1, -0.05) is 27.7 Å². The van der Waals surface area contributed by atoms with E-state index in [9.17, 15) is 0 Å². The van der Waals surface area contributed by atoms with E-state index in [-0.39, 0.29) is 0 Å². The van der Waals surface area contributed by atoms with Crippen molar-refractivity contribution in [3.63, 3.8) is 0 Å². The second-order valence-corrected chi connectivity index (χ2v) is 6.56. The standard InChI is InChI=1S/C12H25NS/c1-5-14-11(4)9-13(8-10(2)3)12-6-7-12/h10-12H,5-9H2,1-4H3. The first-order chi connectivity index (χ1) is 6.63. The van der Waals surface area contributed by atoms with E-state index in [2.05, 4.69) is 44.4 Å². The van der Waals surface area contributed by atoms with Gasteiger partial charge in [-0.3, -0.25) is 4.90 Å². The number of nitrogens with zero attached hydrogens (tertiary/aromatic N) is 1. The molecule has 2 heteroatoms. The Morgan fingerprint density at radius 3 is 2.29 bits per heavy atom. The topological polar surface area (TPSA) is 3.24 Å². The minimum Gasteiger partial charge on any atom is -0.299 e. The number of rotatable bonds is 7. The summed E-state index contributed by atoms with van der Waals surface area (Å²) in [4.78, 5) is 2.71. The van der Waals surface area contributed by atoms with Gasteiger partial charge in [-0.05, 0) is 24.5 Å². The Kier molecular flexibility index (Phi) is 5.32. The molecule has 1 fully saturated rings. The molecule has 84 valence electrons. The van der Waals surface area contributed by atoms with Crippen LogP contribution in [0.4, 0.5) is 0 Å². The van der Waals surface area contributed by atoms with Crippen LogP contribution in [0.5, 0.6) is 0 Å². The molecule has 0 heterocycles. The van der Waals surface area contributed by atoms with Gasteiger partial charge in [-0.15, -0.1) is 0 Å². The van der Waals surface area contributed by atoms with E-state index in [0.717, 1.165) is 17.2 Å². The molecule has 1 saturated carbocycles. The number of thioether (sulfide) groups is 1. The normalized spacial score (nSPS) is 19.3. The van der Waals surface area contributed by atoms with E-state index in [1.54, 1.807) is 0 Å². The third-order valence-electron chi connectivity index (χ3n) is 2.61. The molecular formula is C12H25NS. The van der Waals surface area contributed by atoms with Crippen molar-refractivity contribution in [3.8, 4) is 0 Å². The van der Waals surface area contributed by atoms with Crippen LogP contribution in [0.3, 0.4) is 0 Å². The van der Waals surface area contributed by atoms with Crippen LogP contribution in [0.25, 0.3) is 0 Å². The van der Waals surface area contributed by atoms with Gasteiger partial charge in [0.25, 0.3) is 0 Å². The van der Waals surface area contributed by atoms with Crippen molar-refractivity contribution >= 4 is 11.8 Å². The maximum Gasteiger partial charge on any atom is 0.0146 e. The predicted octanol–water partition coefficient (Wildman–Crippen LogP) is 3.25. The monoisotopic (exact) mass is 215 g/mol. The molecule has 1 unspecified atom stereocenters. The van der Waals surface area contributed by atoms with Gasteiger partial charge in [0.2, 0.25) is 0 Å². The predicted molar refractivity (Wildman–Crippen MR) is 67.0 cm³/mol. The summed E-state index contributed by atoms with van der Waals surface area (Å²) >= 11 is 2.09. The zero-order valence-electron chi connectivity index (χ0n) is 10.1. The lowest BCUT2D eigenvalue weighted by molar-refractivity contribution is 0.237. The van der Waals surface area contributed by atoms with Gasteiger partial charge in [-0.25, -0.2) is 0 Å². The lowest BCUT2D eigenvalue weighted by Crippen LogP contribution is -2.34. The van der Waals surface area contributed by atoms with Gasteiger partial charge in [0.1, 0.15) is 0 Å². The maximum atomic E-state index is 2.71. The lowest BCUT2D eigenvalue weighted by Gasteiger charge is -2.26. The van der Waals surface area contributed by atoms with Crippen molar-refractivity contribution in [1.29, 1.82) is 0 Å². The molecule has 0 aliphatic heterocycles. The highest BCUT2D eigenvalue weighted by Gasteiger charge is 2.29. The smallest absolute Gasteiger partial charge is 0.0146 e. The number of hydrogen-bond donors (Lipinski definition) is 0. The minimum absolute atomic E-state index is 0.805. The molecule has 1 atom stereocenters. The van der Waals surface area contributed by atoms with Crippen LogP contribution in [0.2, 0.25) is 0 Å². The quantitative estimate of drug-likeness (QED) is 0.641. The van der Waals surface area contributed by atoms with E-state index >= 15 is 0 Å². The van der Waals surface area contributed by atoms with E-state index in [1.807, 2.05) is 0 Å². The highest BCUT2D eigenvalue weighted by molar-refractivity contribution is 7.99. The van der Waals surface area contributed by atoms with Gasteiger partial charge in [0.15, 0.2) is 0 Å². The van der Waals surface area contributed by atoms with Gasteiger partial charge < -0.3 is 0 Å². The van der Waals surface area contributed by atoms with E-state index in [1.165, 1.54) is 31.7 Å². The molecule has 14 heavy (non-hydrogen) atoms. The van der Waals surface area contributed by atoms with Crippen LogP contribution < -0.4 is 0 Å². The highest BCUT2D eigenvalue weighted by Crippen LogP contribution is 2.28. The first-order valence-electron chi connectivity index (χ1n) is 5.99. The fourth-order valence-electron chi connectivity index (χ4n) is 1.95. The molecule has 0 saturated heterocycles. The molecule has 1 aliphatic carbocycles. The molecule has 0 aromatic carbocycles. The van der Waals surface area contributed by atoms with Gasteiger partial charge >= 0.3 is 0 Å². The summed E-state index contributed by atoms with van der Waals surface area (Å²) in [5.41, 5.74) is 0. The van der Waals surface area contributed by atoms with Crippen molar-refractivity contribution in [2.24, 2.45) is 5.92 Å².